The summed E-state index contributed by atoms with van der Waals surface area (Å²) in [5, 5.41) is 0.855. The lowest BCUT2D eigenvalue weighted by atomic mass is 10.2. The summed E-state index contributed by atoms with van der Waals surface area (Å²) in [5.41, 5.74) is 4.75. The Labute approximate surface area is 199 Å². The predicted molar refractivity (Wildman–Crippen MR) is 116 cm³/mol. The van der Waals surface area contributed by atoms with Gasteiger partial charge in [-0.3, -0.25) is 9.69 Å². The molecule has 2 heterocycles. The van der Waals surface area contributed by atoms with Crippen LogP contribution in [-0.4, -0.2) is 85.3 Å². The first-order valence-electron chi connectivity index (χ1n) is 10.8. The average Bonchev–Trinajstić information content (AvgIpc) is 2.98. The number of halogens is 4. The molecule has 1 aromatic carbocycles. The second-order valence-electron chi connectivity index (χ2n) is 9.00. The molecule has 14 heteroatoms. The Kier molecular flexibility index (Phi) is 7.34. The van der Waals surface area contributed by atoms with Crippen LogP contribution < -0.4 is 15.5 Å². The van der Waals surface area contributed by atoms with Gasteiger partial charge in [-0.2, -0.15) is 13.2 Å². The molecule has 10 nitrogen and oxygen atoms in total. The molecule has 0 aromatic heterocycles. The van der Waals surface area contributed by atoms with Crippen molar-refractivity contribution in [3.8, 4) is 0 Å². The van der Waals surface area contributed by atoms with Gasteiger partial charge in [0.2, 0.25) is 0 Å². The molecule has 0 unspecified atom stereocenters. The lowest BCUT2D eigenvalue weighted by Crippen LogP contribution is -2.55. The fourth-order valence-electron chi connectivity index (χ4n) is 3.66. The Morgan fingerprint density at radius 2 is 1.74 bits per heavy atom. The zero-order valence-corrected chi connectivity index (χ0v) is 19.5. The molecule has 3 amide bonds. The monoisotopic (exact) mass is 505 g/mol. The number of alkyl halides is 3. The highest BCUT2D eigenvalue weighted by Gasteiger charge is 2.47. The number of ether oxygens (including phenoxy) is 2. The number of rotatable bonds is 3. The van der Waals surface area contributed by atoms with E-state index in [0.29, 0.717) is 5.01 Å². The number of benzene rings is 1. The van der Waals surface area contributed by atoms with Crippen LogP contribution in [0.15, 0.2) is 18.2 Å². The highest BCUT2D eigenvalue weighted by molar-refractivity contribution is 5.90. The van der Waals surface area contributed by atoms with Crippen molar-refractivity contribution in [2.75, 3.05) is 49.1 Å². The Balaban J connectivity index is 1.83. The van der Waals surface area contributed by atoms with Gasteiger partial charge < -0.3 is 20.1 Å². The van der Waals surface area contributed by atoms with E-state index in [9.17, 15) is 27.6 Å². The zero-order valence-electron chi connectivity index (χ0n) is 19.5. The van der Waals surface area contributed by atoms with Crippen LogP contribution in [0.5, 0.6) is 0 Å². The summed E-state index contributed by atoms with van der Waals surface area (Å²) in [6.07, 6.45) is -7.55. The van der Waals surface area contributed by atoms with Gasteiger partial charge in [0.25, 0.3) is 0 Å². The molecular weight excluding hydrogens is 478 g/mol. The van der Waals surface area contributed by atoms with E-state index < -0.39 is 48.3 Å². The van der Waals surface area contributed by atoms with Crippen LogP contribution >= 0.6 is 0 Å². The molecule has 2 fully saturated rings. The van der Waals surface area contributed by atoms with Gasteiger partial charge in [-0.1, -0.05) is 0 Å². The second kappa shape index (κ2) is 9.76. The number of cyclic esters (lactones) is 1. The summed E-state index contributed by atoms with van der Waals surface area (Å²) in [4.78, 5) is 39.3. The molecule has 1 aromatic rings. The molecule has 2 N–H and O–H groups in total. The summed E-state index contributed by atoms with van der Waals surface area (Å²) in [7, 11) is 0. The normalized spacial score (nSPS) is 19.5. The molecule has 2 aliphatic rings. The maximum absolute atomic E-state index is 15.0. The summed E-state index contributed by atoms with van der Waals surface area (Å²) in [5.74, 6) is -2.98. The Hall–Kier alpha value is -3.29. The molecular formula is C21H27F4N5O5. The minimum absolute atomic E-state index is 0.0298. The lowest BCUT2D eigenvalue weighted by molar-refractivity contribution is -0.199. The highest BCUT2D eigenvalue weighted by atomic mass is 19.4. The quantitative estimate of drug-likeness (QED) is 0.629. The third-order valence-corrected chi connectivity index (χ3v) is 5.26. The van der Waals surface area contributed by atoms with Crippen LogP contribution in [0.1, 0.15) is 20.8 Å². The summed E-state index contributed by atoms with van der Waals surface area (Å²) in [6, 6.07) is 3.94. The van der Waals surface area contributed by atoms with E-state index in [1.54, 1.807) is 0 Å². The molecule has 0 radical (unpaired) electrons. The van der Waals surface area contributed by atoms with Crippen LogP contribution in [0.3, 0.4) is 0 Å². The first-order valence-corrected chi connectivity index (χ1v) is 10.8. The van der Waals surface area contributed by atoms with Gasteiger partial charge in [0.05, 0.1) is 31.0 Å². The molecule has 35 heavy (non-hydrogen) atoms. The minimum atomic E-state index is -5.23. The van der Waals surface area contributed by atoms with Crippen molar-refractivity contribution in [2.45, 2.75) is 38.7 Å². The molecule has 0 aliphatic carbocycles. The van der Waals surface area contributed by atoms with E-state index in [1.807, 2.05) is 0 Å². The largest absolute Gasteiger partial charge is 0.473 e. The third-order valence-electron chi connectivity index (χ3n) is 5.26. The van der Waals surface area contributed by atoms with Crippen LogP contribution in [0.2, 0.25) is 0 Å². The third kappa shape index (κ3) is 6.05. The lowest BCUT2D eigenvalue weighted by Gasteiger charge is -2.34. The second-order valence-corrected chi connectivity index (χ2v) is 9.00. The maximum Gasteiger partial charge on any atom is 0.473 e. The summed E-state index contributed by atoms with van der Waals surface area (Å²) in [6.45, 7) is 3.67. The zero-order chi connectivity index (χ0) is 26.1. The Bertz CT molecular complexity index is 984. The van der Waals surface area contributed by atoms with Gasteiger partial charge in [0.1, 0.15) is 17.5 Å². The molecule has 1 atom stereocenters. The van der Waals surface area contributed by atoms with Crippen molar-refractivity contribution in [3.05, 3.63) is 24.0 Å². The summed E-state index contributed by atoms with van der Waals surface area (Å²) < 4.78 is 64.9. The van der Waals surface area contributed by atoms with Crippen molar-refractivity contribution in [2.24, 2.45) is 5.73 Å². The molecule has 194 valence electrons. The number of hydrogen-bond donors (Lipinski definition) is 1. The molecule has 0 bridgehead atoms. The number of anilines is 2. The van der Waals surface area contributed by atoms with Gasteiger partial charge in [-0.05, 0) is 39.0 Å². The van der Waals surface area contributed by atoms with Gasteiger partial charge in [-0.15, -0.1) is 0 Å². The first-order chi connectivity index (χ1) is 16.2. The van der Waals surface area contributed by atoms with Crippen LogP contribution in [0.4, 0.5) is 38.5 Å². The van der Waals surface area contributed by atoms with Crippen LogP contribution in [0.25, 0.3) is 0 Å². The minimum Gasteiger partial charge on any atom is -0.443 e. The number of nitrogens with zero attached hydrogens (tertiary/aromatic N) is 4. The van der Waals surface area contributed by atoms with Gasteiger partial charge in [0.15, 0.2) is 0 Å². The average molecular weight is 505 g/mol. The molecule has 2 saturated heterocycles. The van der Waals surface area contributed by atoms with Crippen molar-refractivity contribution < 1.29 is 41.4 Å². The standard InChI is InChI=1S/C21H27F4N5O5/c1-20(2,3)35-19(33)30-9-7-27(6-8-29(30)17(31)21(23,24)25)16-5-4-13(10-15(16)22)28-12-14(11-26)34-18(28)32/h4-5,10,14H,6-9,11-12,26H2,1-3H3/t14-/m0/s1. The number of hydrazine groups is 1. The van der Waals surface area contributed by atoms with E-state index in [1.165, 1.54) is 42.7 Å². The van der Waals surface area contributed by atoms with Crippen molar-refractivity contribution in [3.63, 3.8) is 0 Å². The maximum atomic E-state index is 15.0. The number of amides is 3. The van der Waals surface area contributed by atoms with E-state index in [0.717, 1.165) is 6.07 Å². The summed E-state index contributed by atoms with van der Waals surface area (Å²) >= 11 is 0. The fourth-order valence-corrected chi connectivity index (χ4v) is 3.66. The van der Waals surface area contributed by atoms with Crippen LogP contribution in [-0.2, 0) is 14.3 Å². The van der Waals surface area contributed by atoms with E-state index in [2.05, 4.69) is 0 Å². The molecule has 3 rings (SSSR count). The van der Waals surface area contributed by atoms with Crippen molar-refractivity contribution in [1.82, 2.24) is 10.0 Å². The molecule has 0 spiro atoms. The number of nitrogens with two attached hydrogens (primary N) is 1. The topological polar surface area (TPSA) is 109 Å². The smallest absolute Gasteiger partial charge is 0.443 e. The van der Waals surface area contributed by atoms with Crippen LogP contribution in [0, 0.1) is 5.82 Å². The van der Waals surface area contributed by atoms with Gasteiger partial charge >= 0.3 is 24.3 Å². The molecule has 2 aliphatic heterocycles. The Morgan fingerprint density at radius 3 is 2.26 bits per heavy atom. The molecule has 0 saturated carbocycles. The number of carbonyl (C=O) groups excluding carboxylic acids is 3. The SMILES string of the molecule is CC(C)(C)OC(=O)N1CCN(c2ccc(N3C[C@H](CN)OC3=O)cc2F)CCN1C(=O)C(F)(F)F. The van der Waals surface area contributed by atoms with E-state index in [4.69, 9.17) is 15.2 Å². The fraction of sp³-hybridized carbons (Fsp3) is 0.571. The number of hydrogen-bond acceptors (Lipinski definition) is 7. The number of carbonyl (C=O) groups is 3. The Morgan fingerprint density at radius 1 is 1.11 bits per heavy atom. The van der Waals surface area contributed by atoms with Gasteiger partial charge in [-0.25, -0.2) is 24.0 Å². The van der Waals surface area contributed by atoms with Crippen molar-refractivity contribution >= 4 is 29.5 Å². The predicted octanol–water partition coefficient (Wildman–Crippen LogP) is 2.47. The van der Waals surface area contributed by atoms with E-state index in [-0.39, 0.29) is 49.1 Å². The highest BCUT2D eigenvalue weighted by Crippen LogP contribution is 2.29. The first kappa shape index (κ1) is 26.3. The van der Waals surface area contributed by atoms with E-state index >= 15 is 4.39 Å². The van der Waals surface area contributed by atoms with Gasteiger partial charge in [0, 0.05) is 19.6 Å². The van der Waals surface area contributed by atoms with Crippen molar-refractivity contribution in [1.29, 1.82) is 0 Å².